The van der Waals surface area contributed by atoms with E-state index in [0.717, 1.165) is 0 Å². The van der Waals surface area contributed by atoms with E-state index in [2.05, 4.69) is 10.5 Å². The summed E-state index contributed by atoms with van der Waals surface area (Å²) in [5.41, 5.74) is 5.34. The zero-order valence-electron chi connectivity index (χ0n) is 8.86. The van der Waals surface area contributed by atoms with Crippen molar-refractivity contribution in [2.24, 2.45) is 10.9 Å². The minimum atomic E-state index is -0.815. The monoisotopic (exact) mass is 221 g/mol. The van der Waals surface area contributed by atoms with E-state index in [1.54, 1.807) is 6.26 Å². The average molecular weight is 221 g/mol. The van der Waals surface area contributed by atoms with Crippen molar-refractivity contribution in [3.63, 3.8) is 0 Å². The van der Waals surface area contributed by atoms with Gasteiger partial charge in [0.25, 0.3) is 0 Å². The minimum absolute atomic E-state index is 0.115. The Balaban J connectivity index is 3.74. The van der Waals surface area contributed by atoms with E-state index in [1.165, 1.54) is 0 Å². The van der Waals surface area contributed by atoms with E-state index >= 15 is 0 Å². The molecule has 3 unspecified atom stereocenters. The van der Waals surface area contributed by atoms with Crippen molar-refractivity contribution < 1.29 is 9.42 Å². The Morgan fingerprint density at radius 1 is 1.64 bits per heavy atom. The molecule has 0 spiro atoms. The number of rotatable bonds is 6. The fourth-order valence-corrected chi connectivity index (χ4v) is 1.24. The molecule has 0 aliphatic rings. The van der Waals surface area contributed by atoms with E-state index in [0.29, 0.717) is 13.0 Å². The second-order valence-corrected chi connectivity index (χ2v) is 5.22. The highest BCUT2D eigenvalue weighted by atomic mass is 32.2. The highest BCUT2D eigenvalue weighted by molar-refractivity contribution is 7.84. The predicted molar refractivity (Wildman–Crippen MR) is 59.0 cm³/mol. The normalized spacial score (nSPS) is 18.9. The SMILES string of the molecule is CC(CC(N)=NO)NCC(C)S(C)=O. The number of nitrogens with one attached hydrogen (secondary N) is 1. The molecule has 3 atom stereocenters. The minimum Gasteiger partial charge on any atom is -0.409 e. The second-order valence-electron chi connectivity index (χ2n) is 3.41. The Hall–Kier alpha value is -0.620. The van der Waals surface area contributed by atoms with Gasteiger partial charge < -0.3 is 16.3 Å². The first-order chi connectivity index (χ1) is 6.47. The molecule has 84 valence electrons. The molecule has 0 fully saturated rings. The molecule has 0 amide bonds. The Bertz CT molecular complexity index is 221. The standard InChI is InChI=1S/C8H19N3O2S/c1-6(4-8(9)11-12)10-5-7(2)14(3)13/h6-7,10,12H,4-5H2,1-3H3,(H2,9,11). The molecule has 0 heterocycles. The largest absolute Gasteiger partial charge is 0.409 e. The van der Waals surface area contributed by atoms with Crippen molar-refractivity contribution >= 4 is 16.6 Å². The lowest BCUT2D eigenvalue weighted by Gasteiger charge is -2.15. The van der Waals surface area contributed by atoms with Gasteiger partial charge in [-0.3, -0.25) is 4.21 Å². The summed E-state index contributed by atoms with van der Waals surface area (Å²) in [6.45, 7) is 4.52. The maximum Gasteiger partial charge on any atom is 0.140 e. The van der Waals surface area contributed by atoms with Crippen LogP contribution in [0.25, 0.3) is 0 Å². The van der Waals surface area contributed by atoms with Crippen molar-refractivity contribution in [2.45, 2.75) is 31.6 Å². The van der Waals surface area contributed by atoms with E-state index in [4.69, 9.17) is 10.9 Å². The Kier molecular flexibility index (Phi) is 6.48. The van der Waals surface area contributed by atoms with Crippen molar-refractivity contribution in [1.82, 2.24) is 5.32 Å². The van der Waals surface area contributed by atoms with Gasteiger partial charge in [0.1, 0.15) is 5.84 Å². The molecule has 4 N–H and O–H groups in total. The highest BCUT2D eigenvalue weighted by Gasteiger charge is 2.09. The summed E-state index contributed by atoms with van der Waals surface area (Å²) in [6, 6.07) is 0.122. The quantitative estimate of drug-likeness (QED) is 0.252. The third-order valence-corrected chi connectivity index (χ3v) is 3.26. The van der Waals surface area contributed by atoms with E-state index in [9.17, 15) is 4.21 Å². The van der Waals surface area contributed by atoms with Crippen molar-refractivity contribution in [3.05, 3.63) is 0 Å². The Labute approximate surface area is 87.2 Å². The Morgan fingerprint density at radius 2 is 2.21 bits per heavy atom. The van der Waals surface area contributed by atoms with Gasteiger partial charge in [0.15, 0.2) is 0 Å². The molecule has 14 heavy (non-hydrogen) atoms. The number of nitrogens with two attached hydrogens (primary N) is 1. The van der Waals surface area contributed by atoms with Gasteiger partial charge in [0.05, 0.1) is 0 Å². The van der Waals surface area contributed by atoms with Crippen molar-refractivity contribution in [2.75, 3.05) is 12.8 Å². The number of oxime groups is 1. The molecule has 6 heteroatoms. The third kappa shape index (κ3) is 5.93. The summed E-state index contributed by atoms with van der Waals surface area (Å²) in [5, 5.41) is 14.5. The van der Waals surface area contributed by atoms with Crippen molar-refractivity contribution in [3.8, 4) is 0 Å². The van der Waals surface area contributed by atoms with Crippen LogP contribution >= 0.6 is 0 Å². The fraction of sp³-hybridized carbons (Fsp3) is 0.875. The first-order valence-electron chi connectivity index (χ1n) is 4.49. The van der Waals surface area contributed by atoms with Crippen LogP contribution in [0.4, 0.5) is 0 Å². The molecule has 0 radical (unpaired) electrons. The van der Waals surface area contributed by atoms with Gasteiger partial charge in [0.2, 0.25) is 0 Å². The molecule has 0 aromatic heterocycles. The number of hydrogen-bond acceptors (Lipinski definition) is 4. The molecule has 0 saturated carbocycles. The molecule has 5 nitrogen and oxygen atoms in total. The molecule has 0 aliphatic carbocycles. The smallest absolute Gasteiger partial charge is 0.140 e. The lowest BCUT2D eigenvalue weighted by atomic mass is 10.2. The van der Waals surface area contributed by atoms with Crippen LogP contribution in [0, 0.1) is 0 Å². The average Bonchev–Trinajstić information content (AvgIpc) is 2.13. The summed E-state index contributed by atoms with van der Waals surface area (Å²) < 4.78 is 11.0. The number of nitrogens with zero attached hydrogens (tertiary/aromatic N) is 1. The van der Waals surface area contributed by atoms with Gasteiger partial charge in [-0.2, -0.15) is 0 Å². The fourth-order valence-electron chi connectivity index (χ4n) is 0.911. The van der Waals surface area contributed by atoms with Gasteiger partial charge in [-0.25, -0.2) is 0 Å². The zero-order chi connectivity index (χ0) is 11.1. The summed E-state index contributed by atoms with van der Waals surface area (Å²) in [7, 11) is -0.815. The van der Waals surface area contributed by atoms with Gasteiger partial charge >= 0.3 is 0 Å². The summed E-state index contributed by atoms with van der Waals surface area (Å²) in [5.74, 6) is 0.204. The first-order valence-corrected chi connectivity index (χ1v) is 6.11. The zero-order valence-corrected chi connectivity index (χ0v) is 9.67. The second kappa shape index (κ2) is 6.78. The molecule has 0 aromatic carbocycles. The molecule has 0 saturated heterocycles. The van der Waals surface area contributed by atoms with Crippen LogP contribution in [-0.2, 0) is 10.8 Å². The van der Waals surface area contributed by atoms with Gasteiger partial charge in [0, 0.05) is 41.3 Å². The maximum atomic E-state index is 11.0. The third-order valence-electron chi connectivity index (χ3n) is 1.96. The number of hydrogen-bond donors (Lipinski definition) is 3. The highest BCUT2D eigenvalue weighted by Crippen LogP contribution is 1.94. The lowest BCUT2D eigenvalue weighted by molar-refractivity contribution is 0.316. The van der Waals surface area contributed by atoms with E-state index in [1.807, 2.05) is 13.8 Å². The van der Waals surface area contributed by atoms with Gasteiger partial charge in [-0.15, -0.1) is 0 Å². The van der Waals surface area contributed by atoms with Crippen LogP contribution in [0.5, 0.6) is 0 Å². The molecule has 0 bridgehead atoms. The van der Waals surface area contributed by atoms with E-state index in [-0.39, 0.29) is 17.1 Å². The molecule has 0 rings (SSSR count). The predicted octanol–water partition coefficient (Wildman–Crippen LogP) is -0.132. The van der Waals surface area contributed by atoms with Crippen LogP contribution in [0.2, 0.25) is 0 Å². The van der Waals surface area contributed by atoms with Gasteiger partial charge in [-0.1, -0.05) is 5.16 Å². The van der Waals surface area contributed by atoms with Crippen LogP contribution in [0.15, 0.2) is 5.16 Å². The first kappa shape index (κ1) is 13.4. The van der Waals surface area contributed by atoms with Crippen LogP contribution in [0.3, 0.4) is 0 Å². The Morgan fingerprint density at radius 3 is 2.64 bits per heavy atom. The topological polar surface area (TPSA) is 87.7 Å². The molecular formula is C8H19N3O2S. The van der Waals surface area contributed by atoms with Crippen LogP contribution in [-0.4, -0.2) is 39.3 Å². The summed E-state index contributed by atoms with van der Waals surface area (Å²) >= 11 is 0. The summed E-state index contributed by atoms with van der Waals surface area (Å²) in [4.78, 5) is 0. The number of amidine groups is 1. The molecule has 0 aromatic rings. The van der Waals surface area contributed by atoms with Crippen molar-refractivity contribution in [1.29, 1.82) is 0 Å². The molecule has 0 aliphatic heterocycles. The van der Waals surface area contributed by atoms with Crippen LogP contribution in [0.1, 0.15) is 20.3 Å². The van der Waals surface area contributed by atoms with Gasteiger partial charge in [-0.05, 0) is 13.8 Å². The molecular weight excluding hydrogens is 202 g/mol. The lowest BCUT2D eigenvalue weighted by Crippen LogP contribution is -2.36. The van der Waals surface area contributed by atoms with E-state index < -0.39 is 10.8 Å². The summed E-state index contributed by atoms with van der Waals surface area (Å²) in [6.07, 6.45) is 2.17. The van der Waals surface area contributed by atoms with Crippen LogP contribution < -0.4 is 11.1 Å². The maximum absolute atomic E-state index is 11.0.